The van der Waals surface area contributed by atoms with Crippen LogP contribution in [0.4, 0.5) is 0 Å². The third-order valence-corrected chi connectivity index (χ3v) is 2.93. The number of carboxylic acids is 1. The summed E-state index contributed by atoms with van der Waals surface area (Å²) >= 11 is 0. The second kappa shape index (κ2) is 7.53. The van der Waals surface area contributed by atoms with E-state index >= 15 is 0 Å². The highest BCUT2D eigenvalue weighted by Gasteiger charge is 2.19. The van der Waals surface area contributed by atoms with E-state index in [0.29, 0.717) is 6.42 Å². The summed E-state index contributed by atoms with van der Waals surface area (Å²) in [4.78, 5) is 22.4. The van der Waals surface area contributed by atoms with Crippen LogP contribution in [0.25, 0.3) is 0 Å². The molecular weight excluding hydrogens is 246 g/mol. The van der Waals surface area contributed by atoms with Crippen molar-refractivity contribution < 1.29 is 19.8 Å². The molecule has 0 aliphatic carbocycles. The van der Waals surface area contributed by atoms with E-state index in [1.54, 1.807) is 0 Å². The van der Waals surface area contributed by atoms with Gasteiger partial charge >= 0.3 is 5.97 Å². The highest BCUT2D eigenvalue weighted by atomic mass is 16.4. The molecule has 2 atom stereocenters. The molecule has 1 aromatic rings. The van der Waals surface area contributed by atoms with Crippen molar-refractivity contribution in [1.82, 2.24) is 5.32 Å². The number of hydrogen-bond donors (Lipinski definition) is 3. The summed E-state index contributed by atoms with van der Waals surface area (Å²) in [5.74, 6) is -1.67. The molecule has 19 heavy (non-hydrogen) atoms. The van der Waals surface area contributed by atoms with Gasteiger partial charge in [0.15, 0.2) is 6.10 Å². The van der Waals surface area contributed by atoms with Crippen molar-refractivity contribution >= 4 is 11.9 Å². The van der Waals surface area contributed by atoms with E-state index in [4.69, 9.17) is 10.2 Å². The van der Waals surface area contributed by atoms with E-state index in [9.17, 15) is 9.59 Å². The smallest absolute Gasteiger partial charge is 0.332 e. The number of aliphatic hydroxyl groups excluding tert-OH is 1. The molecule has 0 fully saturated rings. The van der Waals surface area contributed by atoms with Gasteiger partial charge in [-0.05, 0) is 12.0 Å². The van der Waals surface area contributed by atoms with Crippen molar-refractivity contribution in [2.24, 2.45) is 0 Å². The Morgan fingerprint density at radius 3 is 2.42 bits per heavy atom. The number of benzene rings is 1. The summed E-state index contributed by atoms with van der Waals surface area (Å²) in [6.07, 6.45) is -0.763. The maximum Gasteiger partial charge on any atom is 0.332 e. The first-order chi connectivity index (χ1) is 9.06. The maximum absolute atomic E-state index is 12.0. The van der Waals surface area contributed by atoms with Gasteiger partial charge in [-0.25, -0.2) is 4.79 Å². The lowest BCUT2D eigenvalue weighted by Crippen LogP contribution is -2.33. The summed E-state index contributed by atoms with van der Waals surface area (Å²) in [6, 6.07) is 9.41. The average Bonchev–Trinajstić information content (AvgIpc) is 2.40. The van der Waals surface area contributed by atoms with Crippen molar-refractivity contribution in [2.75, 3.05) is 6.54 Å². The van der Waals surface area contributed by atoms with Gasteiger partial charge in [0, 0.05) is 13.0 Å². The monoisotopic (exact) mass is 265 g/mol. The standard InChI is InChI=1S/C14H19NO4/c1-2-11(10-6-4-3-5-7-10)13(17)15-9-8-12(16)14(18)19/h3-7,11-12,16H,2,8-9H2,1H3,(H,15,17)(H,18,19). The first-order valence-corrected chi connectivity index (χ1v) is 6.29. The fraction of sp³-hybridized carbons (Fsp3) is 0.429. The molecule has 0 aliphatic rings. The lowest BCUT2D eigenvalue weighted by atomic mass is 9.95. The van der Waals surface area contributed by atoms with E-state index in [2.05, 4.69) is 5.32 Å². The summed E-state index contributed by atoms with van der Waals surface area (Å²) in [5, 5.41) is 20.3. The van der Waals surface area contributed by atoms with Gasteiger partial charge in [-0.1, -0.05) is 37.3 Å². The van der Waals surface area contributed by atoms with E-state index in [0.717, 1.165) is 5.56 Å². The number of aliphatic hydroxyl groups is 1. The molecule has 104 valence electrons. The highest BCUT2D eigenvalue weighted by Crippen LogP contribution is 2.19. The number of amides is 1. The first kappa shape index (κ1) is 15.2. The molecule has 0 heterocycles. The van der Waals surface area contributed by atoms with E-state index in [-0.39, 0.29) is 24.8 Å². The summed E-state index contributed by atoms with van der Waals surface area (Å²) < 4.78 is 0. The molecule has 3 N–H and O–H groups in total. The predicted molar refractivity (Wildman–Crippen MR) is 70.7 cm³/mol. The van der Waals surface area contributed by atoms with Gasteiger partial charge in [-0.3, -0.25) is 4.79 Å². The Kier molecular flexibility index (Phi) is 6.02. The Hall–Kier alpha value is -1.88. The zero-order valence-electron chi connectivity index (χ0n) is 10.9. The summed E-state index contributed by atoms with van der Waals surface area (Å²) in [6.45, 7) is 2.07. The normalized spacial score (nSPS) is 13.6. The Labute approximate surface area is 112 Å². The number of carbonyl (C=O) groups excluding carboxylic acids is 1. The third-order valence-electron chi connectivity index (χ3n) is 2.93. The second-order valence-corrected chi connectivity index (χ2v) is 4.31. The van der Waals surface area contributed by atoms with Crippen molar-refractivity contribution in [1.29, 1.82) is 0 Å². The van der Waals surface area contributed by atoms with Gasteiger partial charge in [0.05, 0.1) is 5.92 Å². The second-order valence-electron chi connectivity index (χ2n) is 4.31. The van der Waals surface area contributed by atoms with E-state index in [1.165, 1.54) is 0 Å². The third kappa shape index (κ3) is 4.71. The molecule has 1 aromatic carbocycles. The van der Waals surface area contributed by atoms with Gasteiger partial charge in [-0.2, -0.15) is 0 Å². The predicted octanol–water partition coefficient (Wildman–Crippen LogP) is 1.13. The van der Waals surface area contributed by atoms with Gasteiger partial charge in [0.25, 0.3) is 0 Å². The number of aliphatic carboxylic acids is 1. The van der Waals surface area contributed by atoms with Crippen LogP contribution in [-0.2, 0) is 9.59 Å². The largest absolute Gasteiger partial charge is 0.479 e. The number of carbonyl (C=O) groups is 2. The van der Waals surface area contributed by atoms with Gasteiger partial charge in [0.1, 0.15) is 0 Å². The zero-order valence-corrected chi connectivity index (χ0v) is 10.9. The molecule has 1 amide bonds. The Morgan fingerprint density at radius 2 is 1.89 bits per heavy atom. The van der Waals surface area contributed by atoms with Gasteiger partial charge < -0.3 is 15.5 Å². The first-order valence-electron chi connectivity index (χ1n) is 6.29. The quantitative estimate of drug-likeness (QED) is 0.690. The van der Waals surface area contributed by atoms with Crippen LogP contribution >= 0.6 is 0 Å². The van der Waals surface area contributed by atoms with Crippen molar-refractivity contribution in [3.8, 4) is 0 Å². The van der Waals surface area contributed by atoms with Crippen LogP contribution in [-0.4, -0.2) is 34.7 Å². The average molecular weight is 265 g/mol. The molecule has 1 rings (SSSR count). The maximum atomic E-state index is 12.0. The molecule has 0 saturated heterocycles. The fourth-order valence-electron chi connectivity index (χ4n) is 1.84. The topological polar surface area (TPSA) is 86.6 Å². The summed E-state index contributed by atoms with van der Waals surface area (Å²) in [5.41, 5.74) is 0.932. The molecule has 5 nitrogen and oxygen atoms in total. The molecule has 0 aliphatic heterocycles. The molecule has 2 unspecified atom stereocenters. The van der Waals surface area contributed by atoms with Crippen LogP contribution in [0.2, 0.25) is 0 Å². The van der Waals surface area contributed by atoms with Crippen LogP contribution in [0.5, 0.6) is 0 Å². The number of nitrogens with one attached hydrogen (secondary N) is 1. The van der Waals surface area contributed by atoms with Crippen molar-refractivity contribution in [3.63, 3.8) is 0 Å². The zero-order chi connectivity index (χ0) is 14.3. The fourth-order valence-corrected chi connectivity index (χ4v) is 1.84. The molecule has 0 aromatic heterocycles. The molecular formula is C14H19NO4. The summed E-state index contributed by atoms with van der Waals surface area (Å²) in [7, 11) is 0. The lowest BCUT2D eigenvalue weighted by Gasteiger charge is -2.15. The number of carboxylic acid groups (broad SMARTS) is 1. The minimum atomic E-state index is -1.43. The van der Waals surface area contributed by atoms with Crippen LogP contribution in [0.1, 0.15) is 31.2 Å². The van der Waals surface area contributed by atoms with E-state index in [1.807, 2.05) is 37.3 Å². The SMILES string of the molecule is CCC(C(=O)NCCC(O)C(=O)O)c1ccccc1. The molecule has 0 radical (unpaired) electrons. The number of hydrogen-bond acceptors (Lipinski definition) is 3. The Bertz CT molecular complexity index is 419. The van der Waals surface area contributed by atoms with Crippen LogP contribution in [0.3, 0.4) is 0 Å². The van der Waals surface area contributed by atoms with Crippen LogP contribution in [0.15, 0.2) is 30.3 Å². The molecule has 0 spiro atoms. The number of rotatable bonds is 7. The Balaban J connectivity index is 2.49. The van der Waals surface area contributed by atoms with Gasteiger partial charge in [0.2, 0.25) is 5.91 Å². The van der Waals surface area contributed by atoms with Crippen LogP contribution in [0, 0.1) is 0 Å². The minimum absolute atomic E-state index is 0.00625. The van der Waals surface area contributed by atoms with Crippen LogP contribution < -0.4 is 5.32 Å². The van der Waals surface area contributed by atoms with Crippen molar-refractivity contribution in [3.05, 3.63) is 35.9 Å². The molecule has 0 bridgehead atoms. The molecule has 5 heteroatoms. The van der Waals surface area contributed by atoms with Crippen molar-refractivity contribution in [2.45, 2.75) is 31.8 Å². The highest BCUT2D eigenvalue weighted by molar-refractivity contribution is 5.83. The van der Waals surface area contributed by atoms with Gasteiger partial charge in [-0.15, -0.1) is 0 Å². The minimum Gasteiger partial charge on any atom is -0.479 e. The Morgan fingerprint density at radius 1 is 1.26 bits per heavy atom. The molecule has 0 saturated carbocycles. The lowest BCUT2D eigenvalue weighted by molar-refractivity contribution is -0.147. The van der Waals surface area contributed by atoms with E-state index < -0.39 is 12.1 Å².